The third-order valence-electron chi connectivity index (χ3n) is 3.95. The van der Waals surface area contributed by atoms with Crippen LogP contribution < -0.4 is 5.32 Å². The molecule has 1 aromatic heterocycles. The molecule has 5 nitrogen and oxygen atoms in total. The van der Waals surface area contributed by atoms with Gasteiger partial charge in [0.2, 0.25) is 0 Å². The number of fused-ring (bicyclic) bond motifs is 1. The maximum absolute atomic E-state index is 12.5. The van der Waals surface area contributed by atoms with Crippen LogP contribution in [0.5, 0.6) is 0 Å². The van der Waals surface area contributed by atoms with E-state index in [1.54, 1.807) is 11.8 Å². The Labute approximate surface area is 157 Å². The number of benzene rings is 2. The van der Waals surface area contributed by atoms with Gasteiger partial charge in [0.15, 0.2) is 5.16 Å². The SMILES string of the molecule is CCOCCCNC(=O)c1ccccc1CSc1nc2ccccc2[nH]1. The highest BCUT2D eigenvalue weighted by Crippen LogP contribution is 2.24. The lowest BCUT2D eigenvalue weighted by Gasteiger charge is -2.09. The van der Waals surface area contributed by atoms with Gasteiger partial charge in [-0.1, -0.05) is 42.1 Å². The number of nitrogens with one attached hydrogen (secondary N) is 2. The van der Waals surface area contributed by atoms with Gasteiger partial charge >= 0.3 is 0 Å². The van der Waals surface area contributed by atoms with Crippen LogP contribution in [-0.2, 0) is 10.5 Å². The summed E-state index contributed by atoms with van der Waals surface area (Å²) >= 11 is 1.60. The Morgan fingerprint density at radius 3 is 2.85 bits per heavy atom. The number of carbonyl (C=O) groups excluding carboxylic acids is 1. The van der Waals surface area contributed by atoms with Crippen LogP contribution in [0.15, 0.2) is 53.7 Å². The number of hydrogen-bond acceptors (Lipinski definition) is 4. The molecule has 2 N–H and O–H groups in total. The van der Waals surface area contributed by atoms with Crippen molar-refractivity contribution in [3.05, 3.63) is 59.7 Å². The summed E-state index contributed by atoms with van der Waals surface area (Å²) in [5.41, 5.74) is 3.69. The number of aromatic nitrogens is 2. The van der Waals surface area contributed by atoms with Crippen molar-refractivity contribution in [2.24, 2.45) is 0 Å². The zero-order valence-electron chi connectivity index (χ0n) is 14.8. The average molecular weight is 369 g/mol. The average Bonchev–Trinajstić information content (AvgIpc) is 3.09. The predicted octanol–water partition coefficient (Wildman–Crippen LogP) is 4.01. The molecule has 0 unspecified atom stereocenters. The van der Waals surface area contributed by atoms with Crippen molar-refractivity contribution in [1.29, 1.82) is 0 Å². The molecule has 3 aromatic rings. The van der Waals surface area contributed by atoms with E-state index in [-0.39, 0.29) is 5.91 Å². The second-order valence-electron chi connectivity index (χ2n) is 5.81. The van der Waals surface area contributed by atoms with Gasteiger partial charge < -0.3 is 15.0 Å². The summed E-state index contributed by atoms with van der Waals surface area (Å²) in [7, 11) is 0. The molecule has 0 bridgehead atoms. The van der Waals surface area contributed by atoms with E-state index < -0.39 is 0 Å². The highest BCUT2D eigenvalue weighted by molar-refractivity contribution is 7.98. The number of thioether (sulfide) groups is 1. The lowest BCUT2D eigenvalue weighted by Crippen LogP contribution is -2.26. The molecule has 3 rings (SSSR count). The first kappa shape index (κ1) is 18.5. The fourth-order valence-electron chi connectivity index (χ4n) is 2.63. The number of ether oxygens (including phenoxy) is 1. The predicted molar refractivity (Wildman–Crippen MR) is 106 cm³/mol. The largest absolute Gasteiger partial charge is 0.382 e. The Bertz CT molecular complexity index is 830. The van der Waals surface area contributed by atoms with Crippen LogP contribution in [-0.4, -0.2) is 35.6 Å². The maximum Gasteiger partial charge on any atom is 0.251 e. The number of hydrogen-bond donors (Lipinski definition) is 2. The summed E-state index contributed by atoms with van der Waals surface area (Å²) in [5, 5.41) is 3.83. The molecule has 0 fully saturated rings. The minimum atomic E-state index is -0.0395. The zero-order chi connectivity index (χ0) is 18.2. The van der Waals surface area contributed by atoms with Gasteiger partial charge in [0.05, 0.1) is 11.0 Å². The summed E-state index contributed by atoms with van der Waals surface area (Å²) in [4.78, 5) is 20.3. The van der Waals surface area contributed by atoms with E-state index in [1.165, 1.54) is 0 Å². The van der Waals surface area contributed by atoms with E-state index in [2.05, 4.69) is 15.3 Å². The molecule has 0 atom stereocenters. The van der Waals surface area contributed by atoms with Crippen molar-refractivity contribution in [1.82, 2.24) is 15.3 Å². The van der Waals surface area contributed by atoms with E-state index in [1.807, 2.05) is 55.5 Å². The summed E-state index contributed by atoms with van der Waals surface area (Å²) in [5.74, 6) is 0.643. The molecule has 0 saturated heterocycles. The first-order valence-corrected chi connectivity index (χ1v) is 9.78. The van der Waals surface area contributed by atoms with Crippen LogP contribution in [0.3, 0.4) is 0 Å². The quantitative estimate of drug-likeness (QED) is 0.442. The first-order chi connectivity index (χ1) is 12.8. The second-order valence-corrected chi connectivity index (χ2v) is 6.78. The maximum atomic E-state index is 12.5. The molecule has 26 heavy (non-hydrogen) atoms. The second kappa shape index (κ2) is 9.40. The number of nitrogens with zero attached hydrogens (tertiary/aromatic N) is 1. The van der Waals surface area contributed by atoms with Crippen molar-refractivity contribution >= 4 is 28.7 Å². The van der Waals surface area contributed by atoms with Crippen molar-refractivity contribution in [3.8, 4) is 0 Å². The minimum Gasteiger partial charge on any atom is -0.382 e. The molecule has 0 aliphatic heterocycles. The monoisotopic (exact) mass is 369 g/mol. The highest BCUT2D eigenvalue weighted by atomic mass is 32.2. The molecule has 136 valence electrons. The Morgan fingerprint density at radius 2 is 2.00 bits per heavy atom. The fraction of sp³-hybridized carbons (Fsp3) is 0.300. The molecule has 0 saturated carbocycles. The van der Waals surface area contributed by atoms with E-state index in [9.17, 15) is 4.79 Å². The number of H-pyrrole nitrogens is 1. The van der Waals surface area contributed by atoms with Crippen LogP contribution in [0.4, 0.5) is 0 Å². The number of rotatable bonds is 9. The van der Waals surface area contributed by atoms with Crippen LogP contribution in [0, 0.1) is 0 Å². The molecule has 2 aromatic carbocycles. The van der Waals surface area contributed by atoms with Gasteiger partial charge in [0, 0.05) is 31.1 Å². The third-order valence-corrected chi connectivity index (χ3v) is 4.87. The summed E-state index contributed by atoms with van der Waals surface area (Å²) in [6.45, 7) is 3.95. The minimum absolute atomic E-state index is 0.0395. The molecule has 0 aliphatic rings. The van der Waals surface area contributed by atoms with Gasteiger partial charge in [-0.05, 0) is 37.1 Å². The van der Waals surface area contributed by atoms with Crippen LogP contribution in [0.2, 0.25) is 0 Å². The molecular weight excluding hydrogens is 346 g/mol. The smallest absolute Gasteiger partial charge is 0.251 e. The number of carbonyl (C=O) groups is 1. The van der Waals surface area contributed by atoms with Gasteiger partial charge in [-0.25, -0.2) is 4.98 Å². The van der Waals surface area contributed by atoms with Crippen molar-refractivity contribution in [2.45, 2.75) is 24.3 Å². The van der Waals surface area contributed by atoms with Gasteiger partial charge in [0.25, 0.3) is 5.91 Å². The van der Waals surface area contributed by atoms with Gasteiger partial charge in [-0.15, -0.1) is 0 Å². The summed E-state index contributed by atoms with van der Waals surface area (Å²) in [6, 6.07) is 15.7. The first-order valence-electron chi connectivity index (χ1n) is 8.79. The van der Waals surface area contributed by atoms with Gasteiger partial charge in [0.1, 0.15) is 0 Å². The molecule has 0 aliphatic carbocycles. The van der Waals surface area contributed by atoms with E-state index in [0.29, 0.717) is 31.1 Å². The van der Waals surface area contributed by atoms with Crippen molar-refractivity contribution in [2.75, 3.05) is 19.8 Å². The lowest BCUT2D eigenvalue weighted by molar-refractivity contribution is 0.0943. The van der Waals surface area contributed by atoms with E-state index >= 15 is 0 Å². The van der Waals surface area contributed by atoms with Crippen LogP contribution in [0.25, 0.3) is 11.0 Å². The van der Waals surface area contributed by atoms with Gasteiger partial charge in [-0.3, -0.25) is 4.79 Å². The summed E-state index contributed by atoms with van der Waals surface area (Å²) in [6.07, 6.45) is 0.815. The Balaban J connectivity index is 1.60. The molecule has 0 spiro atoms. The number of imidazole rings is 1. The van der Waals surface area contributed by atoms with E-state index in [0.717, 1.165) is 28.2 Å². The Morgan fingerprint density at radius 1 is 1.19 bits per heavy atom. The number of para-hydroxylation sites is 2. The number of aromatic amines is 1. The van der Waals surface area contributed by atoms with Gasteiger partial charge in [-0.2, -0.15) is 0 Å². The third kappa shape index (κ3) is 4.86. The highest BCUT2D eigenvalue weighted by Gasteiger charge is 2.11. The topological polar surface area (TPSA) is 67.0 Å². The normalized spacial score (nSPS) is 11.0. The van der Waals surface area contributed by atoms with Crippen LogP contribution >= 0.6 is 11.8 Å². The van der Waals surface area contributed by atoms with Crippen LogP contribution in [0.1, 0.15) is 29.3 Å². The molecule has 1 heterocycles. The lowest BCUT2D eigenvalue weighted by atomic mass is 10.1. The Kier molecular flexibility index (Phi) is 6.68. The Hall–Kier alpha value is -2.31. The molecule has 6 heteroatoms. The standard InChI is InChI=1S/C20H23N3O2S/c1-2-25-13-7-12-21-19(24)16-9-4-3-8-15(16)14-26-20-22-17-10-5-6-11-18(17)23-20/h3-6,8-11H,2,7,12-14H2,1H3,(H,21,24)(H,22,23). The van der Waals surface area contributed by atoms with E-state index in [4.69, 9.17) is 4.74 Å². The molecular formula is C20H23N3O2S. The number of amides is 1. The molecule has 1 amide bonds. The fourth-order valence-corrected chi connectivity index (χ4v) is 3.52. The van der Waals surface area contributed by atoms with Crippen molar-refractivity contribution < 1.29 is 9.53 Å². The zero-order valence-corrected chi connectivity index (χ0v) is 15.6. The molecule has 0 radical (unpaired) electrons. The van der Waals surface area contributed by atoms with Crippen molar-refractivity contribution in [3.63, 3.8) is 0 Å². The summed E-state index contributed by atoms with van der Waals surface area (Å²) < 4.78 is 5.29.